The molecular formula is C35H38N2O2S. The molecule has 0 radical (unpaired) electrons. The number of nitrogens with zero attached hydrogens (tertiary/aromatic N) is 2. The van der Waals surface area contributed by atoms with Gasteiger partial charge in [-0.25, -0.2) is 4.98 Å². The molecule has 40 heavy (non-hydrogen) atoms. The number of pyridine rings is 1. The van der Waals surface area contributed by atoms with Crippen molar-refractivity contribution in [1.29, 1.82) is 0 Å². The van der Waals surface area contributed by atoms with Crippen LogP contribution >= 0.6 is 11.8 Å². The van der Waals surface area contributed by atoms with Gasteiger partial charge in [0, 0.05) is 39.5 Å². The Morgan fingerprint density at radius 3 is 2.45 bits per heavy atom. The predicted molar refractivity (Wildman–Crippen MR) is 168 cm³/mol. The number of Topliss-reactive ketones (excluding diaryl/α,β-unsaturated/α-hetero) is 1. The van der Waals surface area contributed by atoms with Crippen LogP contribution in [-0.2, 0) is 23.4 Å². The highest BCUT2D eigenvalue weighted by Gasteiger charge is 2.36. The standard InChI is InChI=1S/C35H38N2O2S/c1-23-12-14-25(15-13-23)21-37-31-19-18-28(39-22-27-17-16-26-10-8-9-11-30(26)36-27)20-29(31)32(40-34(3,4)5)33(37)35(6,7)24(2)38/h8-20H,21-22H2,1-7H3/i2T. The van der Waals surface area contributed by atoms with E-state index < -0.39 is 5.41 Å². The van der Waals surface area contributed by atoms with Crippen molar-refractivity contribution in [1.82, 2.24) is 9.55 Å². The van der Waals surface area contributed by atoms with E-state index >= 15 is 0 Å². The molecule has 2 aromatic heterocycles. The molecule has 0 saturated heterocycles. The molecule has 5 rings (SSSR count). The summed E-state index contributed by atoms with van der Waals surface area (Å²) in [6.45, 7) is 13.3. The maximum atomic E-state index is 13.3. The highest BCUT2D eigenvalue weighted by molar-refractivity contribution is 8.00. The van der Waals surface area contributed by atoms with Crippen molar-refractivity contribution in [3.8, 4) is 5.75 Å². The van der Waals surface area contributed by atoms with Gasteiger partial charge >= 0.3 is 0 Å². The fourth-order valence-corrected chi connectivity index (χ4v) is 6.29. The fraction of sp³-hybridized carbons (Fsp3) is 0.314. The summed E-state index contributed by atoms with van der Waals surface area (Å²) in [5.41, 5.74) is 5.36. The molecule has 5 aromatic rings. The fourth-order valence-electron chi connectivity index (χ4n) is 4.94. The topological polar surface area (TPSA) is 44.1 Å². The van der Waals surface area contributed by atoms with Crippen LogP contribution in [0.1, 0.15) is 65.4 Å². The van der Waals surface area contributed by atoms with Crippen LogP contribution in [0.25, 0.3) is 21.8 Å². The number of carbonyl (C=O) groups excluding carboxylic acids is 1. The van der Waals surface area contributed by atoms with Crippen molar-refractivity contribution < 1.29 is 10.9 Å². The number of rotatable bonds is 8. The number of aryl methyl sites for hydroxylation is 1. The highest BCUT2D eigenvalue weighted by Crippen LogP contribution is 2.46. The largest absolute Gasteiger partial charge is 0.487 e. The van der Waals surface area contributed by atoms with E-state index in [1.807, 2.05) is 44.2 Å². The highest BCUT2D eigenvalue weighted by atomic mass is 32.2. The molecule has 0 bridgehead atoms. The van der Waals surface area contributed by atoms with Crippen LogP contribution in [0, 0.1) is 6.92 Å². The third kappa shape index (κ3) is 5.80. The second-order valence-corrected chi connectivity index (χ2v) is 13.8. The lowest BCUT2D eigenvalue weighted by Crippen LogP contribution is -2.30. The maximum absolute atomic E-state index is 13.3. The summed E-state index contributed by atoms with van der Waals surface area (Å²) in [6, 6.07) is 26.9. The van der Waals surface area contributed by atoms with E-state index in [1.54, 1.807) is 11.8 Å². The van der Waals surface area contributed by atoms with Gasteiger partial charge in [0.2, 0.25) is 0 Å². The number of carbonyl (C=O) groups is 1. The smallest absolute Gasteiger partial charge is 0.141 e. The molecule has 5 heteroatoms. The van der Waals surface area contributed by atoms with Crippen LogP contribution in [0.2, 0.25) is 0 Å². The van der Waals surface area contributed by atoms with E-state index in [1.165, 1.54) is 5.56 Å². The van der Waals surface area contributed by atoms with E-state index in [-0.39, 0.29) is 17.4 Å². The van der Waals surface area contributed by atoms with Crippen molar-refractivity contribution >= 4 is 39.4 Å². The number of para-hydroxylation sites is 1. The van der Waals surface area contributed by atoms with Gasteiger partial charge in [-0.1, -0.05) is 74.9 Å². The molecule has 0 spiro atoms. The number of hydrogen-bond acceptors (Lipinski definition) is 4. The number of thioether (sulfide) groups is 1. The minimum atomic E-state index is -0.838. The Kier molecular flexibility index (Phi) is 7.18. The van der Waals surface area contributed by atoms with Crippen LogP contribution in [0.15, 0.2) is 83.8 Å². The first-order valence-corrected chi connectivity index (χ1v) is 14.5. The van der Waals surface area contributed by atoms with E-state index in [9.17, 15) is 4.79 Å². The Bertz CT molecular complexity index is 1710. The van der Waals surface area contributed by atoms with Crippen LogP contribution in [0.5, 0.6) is 5.75 Å². The summed E-state index contributed by atoms with van der Waals surface area (Å²) in [7, 11) is 0. The molecular weight excluding hydrogens is 512 g/mol. The average Bonchev–Trinajstić information content (AvgIpc) is 3.23. The van der Waals surface area contributed by atoms with E-state index in [0.29, 0.717) is 13.2 Å². The first-order valence-electron chi connectivity index (χ1n) is 14.4. The van der Waals surface area contributed by atoms with E-state index in [0.717, 1.165) is 49.4 Å². The van der Waals surface area contributed by atoms with Gasteiger partial charge in [0.25, 0.3) is 0 Å². The number of aromatic nitrogens is 2. The van der Waals surface area contributed by atoms with Crippen LogP contribution in [0.3, 0.4) is 0 Å². The molecule has 0 fully saturated rings. The molecule has 4 nitrogen and oxygen atoms in total. The third-order valence-corrected chi connectivity index (χ3v) is 8.42. The number of benzene rings is 3. The second-order valence-electron chi connectivity index (χ2n) is 12.0. The summed E-state index contributed by atoms with van der Waals surface area (Å²) < 4.78 is 16.4. The zero-order valence-corrected chi connectivity index (χ0v) is 25.1. The zero-order chi connectivity index (χ0) is 29.4. The first-order chi connectivity index (χ1) is 19.5. The summed E-state index contributed by atoms with van der Waals surface area (Å²) in [4.78, 5) is 19.1. The minimum absolute atomic E-state index is 0.0936. The summed E-state index contributed by atoms with van der Waals surface area (Å²) in [5.74, 6) is 0.659. The average molecular weight is 553 g/mol. The molecule has 0 atom stereocenters. The Labute approximate surface area is 243 Å². The quantitative estimate of drug-likeness (QED) is 0.180. The Morgan fingerprint density at radius 1 is 0.975 bits per heavy atom. The predicted octanol–water partition coefficient (Wildman–Crippen LogP) is 8.88. The Balaban J connectivity index is 1.62. The lowest BCUT2D eigenvalue weighted by molar-refractivity contribution is -0.121. The van der Waals surface area contributed by atoms with Gasteiger partial charge in [-0.2, -0.15) is 0 Å². The van der Waals surface area contributed by atoms with E-state index in [2.05, 4.69) is 80.8 Å². The summed E-state index contributed by atoms with van der Waals surface area (Å²) in [6.07, 6.45) is 0. The normalized spacial score (nSPS) is 12.6. The van der Waals surface area contributed by atoms with E-state index in [4.69, 9.17) is 11.1 Å². The van der Waals surface area contributed by atoms with Gasteiger partial charge < -0.3 is 9.30 Å². The van der Waals surface area contributed by atoms with Crippen molar-refractivity contribution in [3.05, 3.63) is 101 Å². The van der Waals surface area contributed by atoms with Crippen LogP contribution in [-0.4, -0.2) is 20.1 Å². The van der Waals surface area contributed by atoms with Gasteiger partial charge in [-0.15, -0.1) is 11.8 Å². The third-order valence-electron chi connectivity index (χ3n) is 7.19. The van der Waals surface area contributed by atoms with Crippen molar-refractivity contribution in [2.45, 2.75) is 76.7 Å². The minimum Gasteiger partial charge on any atom is -0.487 e. The van der Waals surface area contributed by atoms with Crippen LogP contribution < -0.4 is 4.74 Å². The Morgan fingerprint density at radius 2 is 1.73 bits per heavy atom. The summed E-state index contributed by atoms with van der Waals surface area (Å²) >= 11 is 1.77. The van der Waals surface area contributed by atoms with Crippen molar-refractivity contribution in [2.24, 2.45) is 0 Å². The van der Waals surface area contributed by atoms with Crippen molar-refractivity contribution in [2.75, 3.05) is 0 Å². The molecule has 2 heterocycles. The molecule has 0 saturated carbocycles. The molecule has 0 aliphatic rings. The lowest BCUT2D eigenvalue weighted by Gasteiger charge is -2.28. The zero-order valence-electron chi connectivity index (χ0n) is 25.2. The number of ether oxygens (including phenoxy) is 1. The molecule has 206 valence electrons. The van der Waals surface area contributed by atoms with Crippen molar-refractivity contribution in [3.63, 3.8) is 0 Å². The summed E-state index contributed by atoms with van der Waals surface area (Å²) in [5, 5.41) is 2.16. The van der Waals surface area contributed by atoms with Gasteiger partial charge in [0.05, 0.1) is 16.6 Å². The molecule has 0 N–H and O–H groups in total. The van der Waals surface area contributed by atoms with Gasteiger partial charge in [-0.05, 0) is 63.6 Å². The van der Waals surface area contributed by atoms with Gasteiger partial charge in [0.1, 0.15) is 18.1 Å². The second kappa shape index (κ2) is 10.8. The monoisotopic (exact) mass is 552 g/mol. The van der Waals surface area contributed by atoms with Gasteiger partial charge in [-0.3, -0.25) is 4.79 Å². The molecule has 0 aliphatic carbocycles. The molecule has 0 unspecified atom stereocenters. The van der Waals surface area contributed by atoms with Gasteiger partial charge in [0.15, 0.2) is 0 Å². The SMILES string of the molecule is [3H]CC(=O)C(C)(C)c1c(SC(C)(C)C)c2cc(OCc3ccc4ccccc4n3)ccc2n1Cc1ccc(C)cc1. The first kappa shape index (κ1) is 26.6. The lowest BCUT2D eigenvalue weighted by atomic mass is 9.85. The molecule has 3 aromatic carbocycles. The van der Waals surface area contributed by atoms with Crippen LogP contribution in [0.4, 0.5) is 0 Å². The number of hydrogen-bond donors (Lipinski definition) is 0. The maximum Gasteiger partial charge on any atom is 0.141 e. The molecule has 0 aliphatic heterocycles. The number of ketones is 1. The number of fused-ring (bicyclic) bond motifs is 2. The molecule has 0 amide bonds. The Hall–Kier alpha value is -3.57.